The summed E-state index contributed by atoms with van der Waals surface area (Å²) in [6, 6.07) is 5.39. The number of carbonyl (C=O) groups is 1. The summed E-state index contributed by atoms with van der Waals surface area (Å²) in [5, 5.41) is 3.86. The summed E-state index contributed by atoms with van der Waals surface area (Å²) in [6.45, 7) is 7.19. The summed E-state index contributed by atoms with van der Waals surface area (Å²) in [5.41, 5.74) is 6.64. The molecule has 1 aromatic heterocycles. The van der Waals surface area contributed by atoms with E-state index in [9.17, 15) is 4.79 Å². The van der Waals surface area contributed by atoms with Gasteiger partial charge in [-0.1, -0.05) is 0 Å². The van der Waals surface area contributed by atoms with Crippen molar-refractivity contribution in [2.75, 3.05) is 7.11 Å². The number of nitrogens with one attached hydrogen (secondary N) is 1. The standard InChI is InChI=1S/C16H22N2O3/c1-9-12-8-11(20-5)6-7-13(12)21-14(9)10(2)18-15(19)16(3,4)17/h6-8,10H,17H2,1-5H3,(H,18,19)/t10-/m1/s1. The molecule has 0 spiro atoms. The lowest BCUT2D eigenvalue weighted by molar-refractivity contribution is -0.126. The van der Waals surface area contributed by atoms with Gasteiger partial charge in [0.15, 0.2) is 0 Å². The van der Waals surface area contributed by atoms with Gasteiger partial charge in [0, 0.05) is 10.9 Å². The Labute approximate surface area is 124 Å². The van der Waals surface area contributed by atoms with Crippen LogP contribution in [0.2, 0.25) is 0 Å². The first kappa shape index (κ1) is 15.4. The van der Waals surface area contributed by atoms with E-state index < -0.39 is 5.54 Å². The lowest BCUT2D eigenvalue weighted by Gasteiger charge is -2.21. The number of rotatable bonds is 4. The van der Waals surface area contributed by atoms with E-state index in [0.29, 0.717) is 0 Å². The molecule has 0 saturated carbocycles. The Morgan fingerprint density at radius 2 is 2.10 bits per heavy atom. The van der Waals surface area contributed by atoms with Gasteiger partial charge in [-0.3, -0.25) is 4.79 Å². The van der Waals surface area contributed by atoms with E-state index in [1.807, 2.05) is 32.0 Å². The number of hydrogen-bond donors (Lipinski definition) is 2. The van der Waals surface area contributed by atoms with Crippen LogP contribution >= 0.6 is 0 Å². The number of methoxy groups -OCH3 is 1. The van der Waals surface area contributed by atoms with Gasteiger partial charge in [0.05, 0.1) is 18.7 Å². The third kappa shape index (κ3) is 3.03. The SMILES string of the molecule is COc1ccc2oc([C@@H](C)NC(=O)C(C)(C)N)c(C)c2c1. The highest BCUT2D eigenvalue weighted by molar-refractivity contribution is 5.86. The first-order chi connectivity index (χ1) is 9.74. The normalized spacial score (nSPS) is 13.2. The van der Waals surface area contributed by atoms with Gasteiger partial charge in [-0.05, 0) is 45.9 Å². The van der Waals surface area contributed by atoms with Gasteiger partial charge in [0.1, 0.15) is 17.1 Å². The zero-order chi connectivity index (χ0) is 15.8. The summed E-state index contributed by atoms with van der Waals surface area (Å²) < 4.78 is 11.1. The topological polar surface area (TPSA) is 77.5 Å². The fourth-order valence-electron chi connectivity index (χ4n) is 2.21. The monoisotopic (exact) mass is 290 g/mol. The maximum atomic E-state index is 12.0. The van der Waals surface area contributed by atoms with Gasteiger partial charge >= 0.3 is 0 Å². The third-order valence-corrected chi connectivity index (χ3v) is 3.51. The number of aryl methyl sites for hydroxylation is 1. The summed E-state index contributed by atoms with van der Waals surface area (Å²) in [4.78, 5) is 12.0. The molecule has 0 saturated heterocycles. The largest absolute Gasteiger partial charge is 0.497 e. The predicted octanol–water partition coefficient (Wildman–Crippen LogP) is 2.66. The van der Waals surface area contributed by atoms with Crippen molar-refractivity contribution in [1.29, 1.82) is 0 Å². The Bertz CT molecular complexity index is 668. The number of hydrogen-bond acceptors (Lipinski definition) is 4. The van der Waals surface area contributed by atoms with Crippen LogP contribution in [0.15, 0.2) is 22.6 Å². The molecule has 5 heteroatoms. The van der Waals surface area contributed by atoms with Crippen LogP contribution in [0.5, 0.6) is 5.75 Å². The molecule has 3 N–H and O–H groups in total. The number of ether oxygens (including phenoxy) is 1. The second kappa shape index (κ2) is 5.41. The molecule has 5 nitrogen and oxygen atoms in total. The van der Waals surface area contributed by atoms with E-state index in [4.69, 9.17) is 14.9 Å². The van der Waals surface area contributed by atoms with E-state index in [2.05, 4.69) is 5.32 Å². The van der Waals surface area contributed by atoms with Crippen molar-refractivity contribution in [2.24, 2.45) is 5.73 Å². The van der Waals surface area contributed by atoms with E-state index in [-0.39, 0.29) is 11.9 Å². The molecule has 0 fully saturated rings. The minimum absolute atomic E-state index is 0.215. The molecule has 0 bridgehead atoms. The van der Waals surface area contributed by atoms with Crippen LogP contribution < -0.4 is 15.8 Å². The molecule has 0 aliphatic carbocycles. The molecule has 0 aliphatic rings. The highest BCUT2D eigenvalue weighted by Crippen LogP contribution is 2.31. The Hall–Kier alpha value is -2.01. The molecule has 0 unspecified atom stereocenters. The first-order valence-corrected chi connectivity index (χ1v) is 6.91. The zero-order valence-corrected chi connectivity index (χ0v) is 13.1. The number of furan rings is 1. The third-order valence-electron chi connectivity index (χ3n) is 3.51. The number of nitrogens with two attached hydrogens (primary N) is 1. The second-order valence-electron chi connectivity index (χ2n) is 5.87. The van der Waals surface area contributed by atoms with Crippen LogP contribution in [0.25, 0.3) is 11.0 Å². The molecule has 1 heterocycles. The molecule has 2 aromatic rings. The number of carbonyl (C=O) groups excluding carboxylic acids is 1. The predicted molar refractivity (Wildman–Crippen MR) is 82.3 cm³/mol. The van der Waals surface area contributed by atoms with E-state index in [1.165, 1.54) is 0 Å². The quantitative estimate of drug-likeness (QED) is 0.907. The molecule has 0 radical (unpaired) electrons. The molecule has 114 valence electrons. The Morgan fingerprint density at radius 1 is 1.43 bits per heavy atom. The van der Waals surface area contributed by atoms with Gasteiger partial charge in [-0.2, -0.15) is 0 Å². The van der Waals surface area contributed by atoms with Gasteiger partial charge in [0.2, 0.25) is 5.91 Å². The van der Waals surface area contributed by atoms with Crippen molar-refractivity contribution in [3.63, 3.8) is 0 Å². The first-order valence-electron chi connectivity index (χ1n) is 6.91. The van der Waals surface area contributed by atoms with Crippen molar-refractivity contribution in [3.05, 3.63) is 29.5 Å². The summed E-state index contributed by atoms with van der Waals surface area (Å²) in [7, 11) is 1.63. The van der Waals surface area contributed by atoms with Gasteiger partial charge in [-0.15, -0.1) is 0 Å². The lowest BCUT2D eigenvalue weighted by atomic mass is 10.0. The fraction of sp³-hybridized carbons (Fsp3) is 0.438. The lowest BCUT2D eigenvalue weighted by Crippen LogP contribution is -2.49. The van der Waals surface area contributed by atoms with Gasteiger partial charge < -0.3 is 20.2 Å². The van der Waals surface area contributed by atoms with E-state index in [1.54, 1.807) is 21.0 Å². The van der Waals surface area contributed by atoms with Crippen LogP contribution in [0.3, 0.4) is 0 Å². The summed E-state index contributed by atoms with van der Waals surface area (Å²) in [5.74, 6) is 1.29. The average molecular weight is 290 g/mol. The van der Waals surface area contributed by atoms with E-state index >= 15 is 0 Å². The molecular formula is C16H22N2O3. The van der Waals surface area contributed by atoms with Crippen LogP contribution in [0.1, 0.15) is 38.1 Å². The van der Waals surface area contributed by atoms with E-state index in [0.717, 1.165) is 28.0 Å². The maximum absolute atomic E-state index is 12.0. The van der Waals surface area contributed by atoms with Crippen LogP contribution in [-0.2, 0) is 4.79 Å². The summed E-state index contributed by atoms with van der Waals surface area (Å²) in [6.07, 6.45) is 0. The highest BCUT2D eigenvalue weighted by Gasteiger charge is 2.26. The number of benzene rings is 1. The Balaban J connectivity index is 2.34. The van der Waals surface area contributed by atoms with Crippen LogP contribution in [0, 0.1) is 6.92 Å². The molecule has 21 heavy (non-hydrogen) atoms. The Kier molecular flexibility index (Phi) is 3.96. The fourth-order valence-corrected chi connectivity index (χ4v) is 2.21. The van der Waals surface area contributed by atoms with Crippen LogP contribution in [0.4, 0.5) is 0 Å². The summed E-state index contributed by atoms with van der Waals surface area (Å²) >= 11 is 0. The molecule has 1 aromatic carbocycles. The zero-order valence-electron chi connectivity index (χ0n) is 13.1. The van der Waals surface area contributed by atoms with Crippen molar-refractivity contribution >= 4 is 16.9 Å². The minimum Gasteiger partial charge on any atom is -0.497 e. The Morgan fingerprint density at radius 3 is 2.67 bits per heavy atom. The average Bonchev–Trinajstić information content (AvgIpc) is 2.74. The van der Waals surface area contributed by atoms with Gasteiger partial charge in [-0.25, -0.2) is 0 Å². The minimum atomic E-state index is -0.919. The number of fused-ring (bicyclic) bond motifs is 1. The van der Waals surface area contributed by atoms with Crippen molar-refractivity contribution < 1.29 is 13.9 Å². The van der Waals surface area contributed by atoms with Gasteiger partial charge in [0.25, 0.3) is 0 Å². The second-order valence-corrected chi connectivity index (χ2v) is 5.87. The smallest absolute Gasteiger partial charge is 0.240 e. The molecular weight excluding hydrogens is 268 g/mol. The number of amides is 1. The molecule has 1 atom stereocenters. The van der Waals surface area contributed by atoms with Crippen molar-refractivity contribution in [2.45, 2.75) is 39.3 Å². The molecule has 1 amide bonds. The van der Waals surface area contributed by atoms with Crippen LogP contribution in [-0.4, -0.2) is 18.6 Å². The molecule has 2 rings (SSSR count). The van der Waals surface area contributed by atoms with Crippen molar-refractivity contribution in [3.8, 4) is 5.75 Å². The highest BCUT2D eigenvalue weighted by atomic mass is 16.5. The maximum Gasteiger partial charge on any atom is 0.240 e. The molecule has 0 aliphatic heterocycles. The van der Waals surface area contributed by atoms with Crippen molar-refractivity contribution in [1.82, 2.24) is 5.32 Å².